The van der Waals surface area contributed by atoms with E-state index in [0.29, 0.717) is 12.0 Å². The van der Waals surface area contributed by atoms with Gasteiger partial charge in [-0.25, -0.2) is 0 Å². The molecule has 0 fully saturated rings. The fraction of sp³-hybridized carbons (Fsp3) is 0.538. The van der Waals surface area contributed by atoms with Crippen molar-refractivity contribution in [2.75, 3.05) is 0 Å². The fourth-order valence-corrected chi connectivity index (χ4v) is 1.58. The Morgan fingerprint density at radius 1 is 0.909 bits per heavy atom. The van der Waals surface area contributed by atoms with E-state index in [2.05, 4.69) is 0 Å². The monoisotopic (exact) mass is 524 g/mol. The van der Waals surface area contributed by atoms with Crippen molar-refractivity contribution in [3.8, 4) is 0 Å². The Kier molecular flexibility index (Phi) is 7.65. The Labute approximate surface area is 143 Å². The quantitative estimate of drug-likeness (QED) is 0.301. The van der Waals surface area contributed by atoms with Crippen LogP contribution in [-0.2, 0) is 0 Å². The maximum atomic E-state index is 12.6. The smallest absolute Gasteiger partial charge is 0.870 e. The first-order valence-corrected chi connectivity index (χ1v) is 5.58. The van der Waals surface area contributed by atoms with Crippen molar-refractivity contribution in [2.45, 2.75) is 38.7 Å². The van der Waals surface area contributed by atoms with Gasteiger partial charge in [0.25, 0.3) is 0 Å². The molecule has 1 aliphatic carbocycles. The van der Waals surface area contributed by atoms with E-state index in [4.69, 9.17) is 0 Å². The summed E-state index contributed by atoms with van der Waals surface area (Å²) in [4.78, 5) is 0. The van der Waals surface area contributed by atoms with E-state index in [1.165, 1.54) is 0 Å². The van der Waals surface area contributed by atoms with Crippen LogP contribution in [0.1, 0.15) is 20.8 Å². The van der Waals surface area contributed by atoms with Crippen molar-refractivity contribution in [1.82, 2.24) is 0 Å². The zero-order chi connectivity index (χ0) is 16.0. The van der Waals surface area contributed by atoms with Gasteiger partial charge in [0, 0.05) is 11.5 Å². The summed E-state index contributed by atoms with van der Waals surface area (Å²) in [6, 6.07) is 0. The van der Waals surface area contributed by atoms with Crippen LogP contribution in [0.25, 0.3) is 0 Å². The molecule has 124 valence electrons. The van der Waals surface area contributed by atoms with E-state index in [0.717, 1.165) is 12.2 Å². The third-order valence-corrected chi connectivity index (χ3v) is 2.86. The maximum Gasteiger partial charge on any atom is 2.00 e. The summed E-state index contributed by atoms with van der Waals surface area (Å²) < 4.78 is 75.4. The molecule has 0 aliphatic heterocycles. The second-order valence-electron chi connectivity index (χ2n) is 5.42. The maximum absolute atomic E-state index is 12.6. The fourth-order valence-electron chi connectivity index (χ4n) is 1.58. The molecule has 0 bridgehead atoms. The molecule has 1 aliphatic rings. The van der Waals surface area contributed by atoms with Crippen LogP contribution in [0.3, 0.4) is 0 Å². The number of rotatable bonds is 1. The van der Waals surface area contributed by atoms with Gasteiger partial charge in [0.2, 0.25) is 0 Å². The molecule has 22 heavy (non-hydrogen) atoms. The largest absolute Gasteiger partial charge is 2.00 e. The van der Waals surface area contributed by atoms with E-state index in [1.807, 2.05) is 5.73 Å². The number of allylic oxidation sites excluding steroid dienone is 1. The summed E-state index contributed by atoms with van der Waals surface area (Å²) in [5.41, 5.74) is -5.28. The van der Waals surface area contributed by atoms with Crippen molar-refractivity contribution in [3.05, 3.63) is 35.5 Å². The minimum Gasteiger partial charge on any atom is -0.870 e. The Hall–Kier alpha value is -0.357. The molecule has 0 saturated heterocycles. The third-order valence-electron chi connectivity index (χ3n) is 2.86. The molecule has 1 N–H and O–H groups in total. The van der Waals surface area contributed by atoms with Crippen LogP contribution in [0.15, 0.2) is 29.5 Å². The van der Waals surface area contributed by atoms with Gasteiger partial charge in [-0.2, -0.15) is 26.3 Å². The van der Waals surface area contributed by atoms with Gasteiger partial charge in [-0.1, -0.05) is 32.9 Å². The van der Waals surface area contributed by atoms with Gasteiger partial charge in [-0.05, 0) is 11.5 Å². The summed E-state index contributed by atoms with van der Waals surface area (Å²) in [5, 5.41) is 11.4. The molecule has 0 spiro atoms. The molecule has 0 aromatic carbocycles. The van der Waals surface area contributed by atoms with Gasteiger partial charge in [0.15, 0.2) is 0 Å². The summed E-state index contributed by atoms with van der Waals surface area (Å²) in [5.74, 6) is 0.480. The first-order chi connectivity index (χ1) is 8.71. The molecule has 0 aromatic heterocycles. The van der Waals surface area contributed by atoms with Crippen LogP contribution in [0, 0.1) is 11.3 Å². The molecule has 0 amide bonds. The Morgan fingerprint density at radius 2 is 1.32 bits per heavy atom. The average molecular weight is 524 g/mol. The molecular weight excluding hydrogens is 511 g/mol. The van der Waals surface area contributed by atoms with Crippen molar-refractivity contribution in [1.29, 1.82) is 0 Å². The average Bonchev–Trinajstić information content (AvgIpc) is 2.24. The summed E-state index contributed by atoms with van der Waals surface area (Å²) in [7, 11) is 0. The molecule has 9 heteroatoms. The molecule has 0 atom stereocenters. The number of hydrogen-bond donors (Lipinski definition) is 0. The predicted octanol–water partition coefficient (Wildman–Crippen LogP) is 2.92. The van der Waals surface area contributed by atoms with Gasteiger partial charge in [-0.15, -0.1) is 5.73 Å². The van der Waals surface area contributed by atoms with Crippen molar-refractivity contribution in [3.63, 3.8) is 0 Å². The molecule has 4 radical (unpaired) electrons. The van der Waals surface area contributed by atoms with E-state index >= 15 is 0 Å². The van der Waals surface area contributed by atoms with Gasteiger partial charge >= 0.3 is 38.6 Å². The normalized spacial score (nSPS) is 16.7. The number of alkyl halides is 6. The Bertz CT molecular complexity index is 464. The predicted molar refractivity (Wildman–Crippen MR) is 66.0 cm³/mol. The SMILES string of the molecule is CC(C)(C)[C]1C=C=C(C([O-])(C(F)(F)F)C(F)(F)F)C=C1.[Bi+2].[OH-]. The van der Waals surface area contributed by atoms with Crippen molar-refractivity contribution >= 4 is 26.2 Å². The molecule has 0 aromatic rings. The first kappa shape index (κ1) is 23.9. The van der Waals surface area contributed by atoms with Crippen molar-refractivity contribution in [2.24, 2.45) is 5.41 Å². The second-order valence-corrected chi connectivity index (χ2v) is 5.42. The van der Waals surface area contributed by atoms with Crippen LogP contribution < -0.4 is 5.11 Å². The van der Waals surface area contributed by atoms with Crippen LogP contribution in [0.4, 0.5) is 26.3 Å². The molecule has 2 nitrogen and oxygen atoms in total. The summed E-state index contributed by atoms with van der Waals surface area (Å²) >= 11 is 0. The molecular formula is C13H13BiF6O2. The zero-order valence-electron chi connectivity index (χ0n) is 11.8. The van der Waals surface area contributed by atoms with E-state index in [1.54, 1.807) is 20.8 Å². The Morgan fingerprint density at radius 3 is 1.55 bits per heavy atom. The second kappa shape index (κ2) is 7.04. The zero-order valence-corrected chi connectivity index (χ0v) is 15.3. The van der Waals surface area contributed by atoms with Gasteiger partial charge in [0.05, 0.1) is 0 Å². The number of hydrogen-bond acceptors (Lipinski definition) is 2. The summed E-state index contributed by atoms with van der Waals surface area (Å²) in [6.07, 6.45) is -9.39. The van der Waals surface area contributed by atoms with Crippen LogP contribution in [-0.4, -0.2) is 49.6 Å². The topological polar surface area (TPSA) is 53.1 Å². The van der Waals surface area contributed by atoms with Crippen LogP contribution >= 0.6 is 0 Å². The van der Waals surface area contributed by atoms with Crippen molar-refractivity contribution < 1.29 is 36.9 Å². The van der Waals surface area contributed by atoms with Crippen LogP contribution in [0.5, 0.6) is 0 Å². The standard InChI is InChI=1S/C13H12F6O.Bi.H2O/c1-10(2,3)8-4-6-9(7-5-8)11(20,12(14,15)16)13(17,18)19;;/h4-6H,1-3H3;;1H2/q-1;+2;/p-1. The van der Waals surface area contributed by atoms with Crippen LogP contribution in [0.2, 0.25) is 0 Å². The number of halogens is 6. The summed E-state index contributed by atoms with van der Waals surface area (Å²) in [6.45, 7) is 5.19. The molecule has 0 unspecified atom stereocenters. The van der Waals surface area contributed by atoms with E-state index < -0.39 is 28.9 Å². The minimum atomic E-state index is -6.00. The molecule has 1 rings (SSSR count). The van der Waals surface area contributed by atoms with E-state index in [-0.39, 0.29) is 31.7 Å². The van der Waals surface area contributed by atoms with Gasteiger partial charge in [-0.3, -0.25) is 0 Å². The molecule has 0 heterocycles. The minimum absolute atomic E-state index is 0. The van der Waals surface area contributed by atoms with E-state index in [9.17, 15) is 31.4 Å². The van der Waals surface area contributed by atoms with Gasteiger partial charge < -0.3 is 10.6 Å². The van der Waals surface area contributed by atoms with Gasteiger partial charge in [0.1, 0.15) is 5.60 Å². The first-order valence-electron chi connectivity index (χ1n) is 5.58. The Balaban J connectivity index is 0. The molecule has 0 saturated carbocycles. The third kappa shape index (κ3) is 4.34.